The van der Waals surface area contributed by atoms with Crippen LogP contribution in [0.25, 0.3) is 0 Å². The molecule has 9 heteroatoms. The molecule has 0 fully saturated rings. The van der Waals surface area contributed by atoms with Gasteiger partial charge in [-0.3, -0.25) is 9.59 Å². The number of hydrogen-bond acceptors (Lipinski definition) is 7. The summed E-state index contributed by atoms with van der Waals surface area (Å²) in [5.41, 5.74) is 0. The molecule has 22 heavy (non-hydrogen) atoms. The molecule has 9 nitrogen and oxygen atoms in total. The second-order valence-corrected chi connectivity index (χ2v) is 3.91. The van der Waals surface area contributed by atoms with Crippen LogP contribution in [0, 0.1) is 0 Å². The first kappa shape index (κ1) is 19.6. The van der Waals surface area contributed by atoms with E-state index in [1.165, 1.54) is 31.3 Å². The zero-order valence-electron chi connectivity index (χ0n) is 12.5. The summed E-state index contributed by atoms with van der Waals surface area (Å²) in [6.45, 7) is -0.222. The highest BCUT2D eigenvalue weighted by Crippen LogP contribution is 2.03. The second-order valence-electron chi connectivity index (χ2n) is 3.91. The number of rotatable bonds is 10. The summed E-state index contributed by atoms with van der Waals surface area (Å²) in [5, 5.41) is 2.43. The largest absolute Gasteiger partial charge is 0.508 e. The quantitative estimate of drug-likeness (QED) is 0.345. The SMILES string of the molecule is CNC(=O)N(/C=C\C=O)CCC(COC(=O)OCC=O)OC. The number of hydrogen-bond donors (Lipinski definition) is 1. The lowest BCUT2D eigenvalue weighted by molar-refractivity contribution is -0.111. The number of aldehydes is 2. The van der Waals surface area contributed by atoms with Gasteiger partial charge in [0.25, 0.3) is 0 Å². The molecule has 0 aliphatic carbocycles. The molecule has 1 N–H and O–H groups in total. The van der Waals surface area contributed by atoms with E-state index in [4.69, 9.17) is 9.47 Å². The van der Waals surface area contributed by atoms with Crippen LogP contribution in [-0.2, 0) is 23.8 Å². The summed E-state index contributed by atoms with van der Waals surface area (Å²) in [6, 6.07) is -0.390. The minimum atomic E-state index is -0.974. The Kier molecular flexibility index (Phi) is 11.0. The van der Waals surface area contributed by atoms with E-state index >= 15 is 0 Å². The van der Waals surface area contributed by atoms with Crippen LogP contribution in [0.5, 0.6) is 0 Å². The van der Waals surface area contributed by atoms with Gasteiger partial charge in [-0.25, -0.2) is 9.59 Å². The summed E-state index contributed by atoms with van der Waals surface area (Å²) in [6.07, 6.45) is 2.40. The number of nitrogens with one attached hydrogen (secondary N) is 1. The fraction of sp³-hybridized carbons (Fsp3) is 0.538. The van der Waals surface area contributed by atoms with Crippen LogP contribution in [0.4, 0.5) is 9.59 Å². The number of carbonyl (C=O) groups excluding carboxylic acids is 4. The van der Waals surface area contributed by atoms with Crippen molar-refractivity contribution in [3.05, 3.63) is 12.3 Å². The zero-order chi connectivity index (χ0) is 16.8. The van der Waals surface area contributed by atoms with Crippen molar-refractivity contribution < 1.29 is 33.4 Å². The van der Waals surface area contributed by atoms with Crippen molar-refractivity contribution in [2.75, 3.05) is 33.9 Å². The Morgan fingerprint density at radius 3 is 2.55 bits per heavy atom. The van der Waals surface area contributed by atoms with Crippen molar-refractivity contribution >= 4 is 24.8 Å². The molecule has 0 radical (unpaired) electrons. The Morgan fingerprint density at radius 1 is 1.27 bits per heavy atom. The summed E-state index contributed by atoms with van der Waals surface area (Å²) >= 11 is 0. The summed E-state index contributed by atoms with van der Waals surface area (Å²) in [4.78, 5) is 44.3. The van der Waals surface area contributed by atoms with Crippen molar-refractivity contribution in [2.45, 2.75) is 12.5 Å². The molecule has 0 aromatic rings. The fourth-order valence-electron chi connectivity index (χ4n) is 1.38. The molecule has 2 amide bonds. The number of carbonyl (C=O) groups is 4. The van der Waals surface area contributed by atoms with Crippen LogP contribution in [0.15, 0.2) is 12.3 Å². The van der Waals surface area contributed by atoms with Gasteiger partial charge < -0.3 is 24.4 Å². The van der Waals surface area contributed by atoms with Crippen molar-refractivity contribution in [3.63, 3.8) is 0 Å². The van der Waals surface area contributed by atoms with Gasteiger partial charge >= 0.3 is 12.2 Å². The fourth-order valence-corrected chi connectivity index (χ4v) is 1.38. The second kappa shape index (κ2) is 12.3. The number of allylic oxidation sites excluding steroid dienone is 1. The zero-order valence-corrected chi connectivity index (χ0v) is 12.5. The van der Waals surface area contributed by atoms with Gasteiger partial charge in [0.1, 0.15) is 12.9 Å². The van der Waals surface area contributed by atoms with E-state index in [1.54, 1.807) is 0 Å². The number of amides is 2. The van der Waals surface area contributed by atoms with Gasteiger partial charge in [0.15, 0.2) is 12.9 Å². The van der Waals surface area contributed by atoms with Gasteiger partial charge in [-0.2, -0.15) is 0 Å². The van der Waals surface area contributed by atoms with Gasteiger partial charge in [0, 0.05) is 26.9 Å². The van der Waals surface area contributed by atoms with Gasteiger partial charge in [-0.05, 0) is 12.5 Å². The predicted molar refractivity (Wildman–Crippen MR) is 75.1 cm³/mol. The lowest BCUT2D eigenvalue weighted by Crippen LogP contribution is -2.36. The maximum absolute atomic E-state index is 11.6. The highest BCUT2D eigenvalue weighted by atomic mass is 16.7. The van der Waals surface area contributed by atoms with Crippen LogP contribution >= 0.6 is 0 Å². The maximum atomic E-state index is 11.6. The monoisotopic (exact) mass is 316 g/mol. The molecule has 0 aromatic carbocycles. The van der Waals surface area contributed by atoms with Crippen LogP contribution in [0.2, 0.25) is 0 Å². The number of ether oxygens (including phenoxy) is 3. The predicted octanol–water partition coefficient (Wildman–Crippen LogP) is 0.0976. The standard InChI is InChI=1S/C13H20N2O7/c1-14-12(18)15(5-3-7-16)6-4-11(20-2)10-22-13(19)21-9-8-17/h3,5,7-8,11H,4,6,9-10H2,1-2H3,(H,14,18)/b5-3-. The molecule has 0 saturated carbocycles. The molecule has 1 unspecified atom stereocenters. The van der Waals surface area contributed by atoms with Crippen LogP contribution in [-0.4, -0.2) is 69.7 Å². The minimum absolute atomic E-state index is 0.0901. The Hall–Kier alpha value is -2.42. The summed E-state index contributed by atoms with van der Waals surface area (Å²) in [5.74, 6) is 0. The molecular weight excluding hydrogens is 296 g/mol. The Labute approximate surface area is 128 Å². The molecule has 0 aromatic heterocycles. The van der Waals surface area contributed by atoms with E-state index in [9.17, 15) is 19.2 Å². The third kappa shape index (κ3) is 8.69. The van der Waals surface area contributed by atoms with Crippen molar-refractivity contribution in [1.29, 1.82) is 0 Å². The maximum Gasteiger partial charge on any atom is 0.508 e. The van der Waals surface area contributed by atoms with E-state index in [1.807, 2.05) is 0 Å². The molecular formula is C13H20N2O7. The van der Waals surface area contributed by atoms with Gasteiger partial charge in [-0.15, -0.1) is 0 Å². The van der Waals surface area contributed by atoms with Crippen molar-refractivity contribution in [1.82, 2.24) is 10.2 Å². The molecule has 0 spiro atoms. The van der Waals surface area contributed by atoms with Crippen molar-refractivity contribution in [2.24, 2.45) is 0 Å². The van der Waals surface area contributed by atoms with Gasteiger partial charge in [0.2, 0.25) is 0 Å². The summed E-state index contributed by atoms with van der Waals surface area (Å²) in [7, 11) is 2.89. The highest BCUT2D eigenvalue weighted by molar-refractivity contribution is 5.76. The number of methoxy groups -OCH3 is 1. The van der Waals surface area contributed by atoms with E-state index in [2.05, 4.69) is 10.1 Å². The Morgan fingerprint density at radius 2 is 2.00 bits per heavy atom. The molecule has 0 saturated heterocycles. The molecule has 0 aliphatic rings. The topological polar surface area (TPSA) is 111 Å². The first-order valence-electron chi connectivity index (χ1n) is 6.45. The van der Waals surface area contributed by atoms with E-state index in [-0.39, 0.29) is 25.8 Å². The number of urea groups is 1. The third-order valence-electron chi connectivity index (χ3n) is 2.50. The average Bonchev–Trinajstić information content (AvgIpc) is 2.54. The minimum Gasteiger partial charge on any atom is -0.432 e. The van der Waals surface area contributed by atoms with E-state index in [0.717, 1.165) is 0 Å². The third-order valence-corrected chi connectivity index (χ3v) is 2.50. The first-order chi connectivity index (χ1) is 10.6. The highest BCUT2D eigenvalue weighted by Gasteiger charge is 2.15. The molecule has 0 rings (SSSR count). The van der Waals surface area contributed by atoms with Crippen LogP contribution in [0.1, 0.15) is 6.42 Å². The van der Waals surface area contributed by atoms with Crippen molar-refractivity contribution in [3.8, 4) is 0 Å². The summed E-state index contributed by atoms with van der Waals surface area (Å²) < 4.78 is 14.3. The normalized spacial score (nSPS) is 11.5. The van der Waals surface area contributed by atoms with E-state index in [0.29, 0.717) is 19.0 Å². The Balaban J connectivity index is 4.31. The number of nitrogens with zero attached hydrogens (tertiary/aromatic N) is 1. The Bertz CT molecular complexity index is 398. The van der Waals surface area contributed by atoms with Crippen LogP contribution < -0.4 is 5.32 Å². The average molecular weight is 316 g/mol. The van der Waals surface area contributed by atoms with Gasteiger partial charge in [-0.1, -0.05) is 0 Å². The smallest absolute Gasteiger partial charge is 0.432 e. The van der Waals surface area contributed by atoms with E-state index < -0.39 is 12.3 Å². The lowest BCUT2D eigenvalue weighted by atomic mass is 10.2. The van der Waals surface area contributed by atoms with Gasteiger partial charge in [0.05, 0.1) is 6.10 Å². The molecule has 0 bridgehead atoms. The lowest BCUT2D eigenvalue weighted by Gasteiger charge is -2.21. The molecule has 0 aliphatic heterocycles. The molecule has 0 heterocycles. The molecule has 1 atom stereocenters. The molecule has 124 valence electrons. The first-order valence-corrected chi connectivity index (χ1v) is 6.45. The van der Waals surface area contributed by atoms with Crippen LogP contribution in [0.3, 0.4) is 0 Å².